The van der Waals surface area contributed by atoms with E-state index in [9.17, 15) is 9.59 Å². The van der Waals surface area contributed by atoms with Crippen molar-refractivity contribution in [1.29, 1.82) is 0 Å². The van der Waals surface area contributed by atoms with Crippen LogP contribution < -0.4 is 0 Å². The zero-order valence-corrected chi connectivity index (χ0v) is 15.3. The van der Waals surface area contributed by atoms with Crippen molar-refractivity contribution in [2.45, 2.75) is 46.5 Å². The SMILES string of the molecule is COC(=O)CCN(CC(C)C)C(=O)c1cc(C(C)(C)C)nn1C. The number of hydrogen-bond donors (Lipinski definition) is 0. The minimum atomic E-state index is -0.313. The maximum absolute atomic E-state index is 12.9. The summed E-state index contributed by atoms with van der Waals surface area (Å²) < 4.78 is 6.29. The lowest BCUT2D eigenvalue weighted by Crippen LogP contribution is -2.37. The van der Waals surface area contributed by atoms with E-state index in [1.165, 1.54) is 7.11 Å². The van der Waals surface area contributed by atoms with Crippen LogP contribution in [0.3, 0.4) is 0 Å². The molecule has 6 heteroatoms. The van der Waals surface area contributed by atoms with Crippen molar-refractivity contribution in [1.82, 2.24) is 14.7 Å². The molecule has 130 valence electrons. The minimum absolute atomic E-state index is 0.104. The molecule has 6 nitrogen and oxygen atoms in total. The van der Waals surface area contributed by atoms with Crippen LogP contribution in [0.1, 0.15) is 57.2 Å². The van der Waals surface area contributed by atoms with Gasteiger partial charge in [0.05, 0.1) is 19.2 Å². The van der Waals surface area contributed by atoms with Gasteiger partial charge in [0.1, 0.15) is 5.69 Å². The lowest BCUT2D eigenvalue weighted by molar-refractivity contribution is -0.140. The molecule has 1 aromatic rings. The predicted octanol–water partition coefficient (Wildman–Crippen LogP) is 2.38. The second kappa shape index (κ2) is 7.62. The van der Waals surface area contributed by atoms with Crippen LogP contribution in [0.5, 0.6) is 0 Å². The lowest BCUT2D eigenvalue weighted by Gasteiger charge is -2.24. The van der Waals surface area contributed by atoms with Crippen molar-refractivity contribution >= 4 is 11.9 Å². The number of nitrogens with zero attached hydrogens (tertiary/aromatic N) is 3. The van der Waals surface area contributed by atoms with E-state index < -0.39 is 0 Å². The Morgan fingerprint density at radius 3 is 2.39 bits per heavy atom. The van der Waals surface area contributed by atoms with Crippen LogP contribution in [0.2, 0.25) is 0 Å². The molecule has 0 aliphatic heterocycles. The van der Waals surface area contributed by atoms with E-state index in [0.29, 0.717) is 24.7 Å². The van der Waals surface area contributed by atoms with Gasteiger partial charge in [0, 0.05) is 25.6 Å². The number of amides is 1. The summed E-state index contributed by atoms with van der Waals surface area (Å²) >= 11 is 0. The molecule has 0 aliphatic rings. The highest BCUT2D eigenvalue weighted by atomic mass is 16.5. The first kappa shape index (κ1) is 19.2. The first-order chi connectivity index (χ1) is 10.6. The molecule has 0 spiro atoms. The quantitative estimate of drug-likeness (QED) is 0.754. The molecule has 1 heterocycles. The van der Waals surface area contributed by atoms with E-state index >= 15 is 0 Å². The summed E-state index contributed by atoms with van der Waals surface area (Å²) in [4.78, 5) is 25.9. The molecule has 0 unspecified atom stereocenters. The van der Waals surface area contributed by atoms with Crippen molar-refractivity contribution in [3.05, 3.63) is 17.5 Å². The summed E-state index contributed by atoms with van der Waals surface area (Å²) in [6, 6.07) is 1.84. The van der Waals surface area contributed by atoms with Crippen LogP contribution in [-0.2, 0) is 22.0 Å². The van der Waals surface area contributed by atoms with Crippen molar-refractivity contribution in [3.63, 3.8) is 0 Å². The first-order valence-electron chi connectivity index (χ1n) is 7.96. The van der Waals surface area contributed by atoms with Crippen LogP contribution in [-0.4, -0.2) is 46.8 Å². The van der Waals surface area contributed by atoms with Crippen LogP contribution in [0.4, 0.5) is 0 Å². The van der Waals surface area contributed by atoms with E-state index in [-0.39, 0.29) is 23.7 Å². The normalized spacial score (nSPS) is 11.7. The molecule has 0 radical (unpaired) electrons. The average Bonchev–Trinajstić information content (AvgIpc) is 2.83. The molecular formula is C17H29N3O3. The standard InChI is InChI=1S/C17H29N3O3/c1-12(2)11-20(9-8-15(21)23-7)16(22)13-10-14(17(3,4)5)18-19(13)6/h10,12H,8-9,11H2,1-7H3. The monoisotopic (exact) mass is 323 g/mol. The largest absolute Gasteiger partial charge is 0.469 e. The van der Waals surface area contributed by atoms with Gasteiger partial charge in [-0.1, -0.05) is 34.6 Å². The van der Waals surface area contributed by atoms with Crippen molar-refractivity contribution < 1.29 is 14.3 Å². The van der Waals surface area contributed by atoms with E-state index in [0.717, 1.165) is 5.69 Å². The topological polar surface area (TPSA) is 64.4 Å². The molecule has 1 amide bonds. The van der Waals surface area contributed by atoms with E-state index in [1.807, 2.05) is 19.9 Å². The van der Waals surface area contributed by atoms with E-state index in [1.54, 1.807) is 16.6 Å². The molecule has 0 saturated heterocycles. The fourth-order valence-corrected chi connectivity index (χ4v) is 2.24. The van der Waals surface area contributed by atoms with Crippen molar-refractivity contribution in [3.8, 4) is 0 Å². The first-order valence-corrected chi connectivity index (χ1v) is 7.96. The number of hydrogen-bond acceptors (Lipinski definition) is 4. The summed E-state index contributed by atoms with van der Waals surface area (Å²) in [6.07, 6.45) is 0.193. The third-order valence-corrected chi connectivity index (χ3v) is 3.55. The molecule has 0 atom stereocenters. The number of esters is 1. The summed E-state index contributed by atoms with van der Waals surface area (Å²) in [5.41, 5.74) is 1.30. The van der Waals surface area contributed by atoms with Gasteiger partial charge in [-0.3, -0.25) is 14.3 Å². The van der Waals surface area contributed by atoms with Gasteiger partial charge in [-0.15, -0.1) is 0 Å². The summed E-state index contributed by atoms with van der Waals surface area (Å²) in [5, 5.41) is 4.45. The third kappa shape index (κ3) is 5.37. The second-order valence-corrected chi connectivity index (χ2v) is 7.26. The number of aryl methyl sites for hydroxylation is 1. The zero-order valence-electron chi connectivity index (χ0n) is 15.3. The number of methoxy groups -OCH3 is 1. The highest BCUT2D eigenvalue weighted by Gasteiger charge is 2.25. The Morgan fingerprint density at radius 2 is 1.96 bits per heavy atom. The smallest absolute Gasteiger partial charge is 0.307 e. The number of ether oxygens (including phenoxy) is 1. The summed E-state index contributed by atoms with van der Waals surface area (Å²) in [5.74, 6) is -0.105. The fourth-order valence-electron chi connectivity index (χ4n) is 2.24. The van der Waals surface area contributed by atoms with Gasteiger partial charge in [0.15, 0.2) is 0 Å². The van der Waals surface area contributed by atoms with Gasteiger partial charge in [0.25, 0.3) is 5.91 Å². The summed E-state index contributed by atoms with van der Waals surface area (Å²) in [7, 11) is 3.13. The van der Waals surface area contributed by atoms with Crippen LogP contribution in [0.15, 0.2) is 6.07 Å². The van der Waals surface area contributed by atoms with Gasteiger partial charge in [-0.05, 0) is 12.0 Å². The molecule has 1 rings (SSSR count). The highest BCUT2D eigenvalue weighted by molar-refractivity contribution is 5.93. The van der Waals surface area contributed by atoms with Crippen LogP contribution in [0, 0.1) is 5.92 Å². The van der Waals surface area contributed by atoms with Crippen molar-refractivity contribution in [2.24, 2.45) is 13.0 Å². The Kier molecular flexibility index (Phi) is 6.36. The van der Waals surface area contributed by atoms with Crippen molar-refractivity contribution in [2.75, 3.05) is 20.2 Å². The Bertz CT molecular complexity index is 556. The molecular weight excluding hydrogens is 294 g/mol. The molecule has 23 heavy (non-hydrogen) atoms. The Labute approximate surface area is 138 Å². The van der Waals surface area contributed by atoms with Gasteiger partial charge in [-0.25, -0.2) is 0 Å². The van der Waals surface area contributed by atoms with Gasteiger partial charge >= 0.3 is 5.97 Å². The molecule has 0 aromatic carbocycles. The zero-order chi connectivity index (χ0) is 17.8. The van der Waals surface area contributed by atoms with Gasteiger partial charge in [-0.2, -0.15) is 5.10 Å². The van der Waals surface area contributed by atoms with E-state index in [4.69, 9.17) is 0 Å². The molecule has 0 bridgehead atoms. The second-order valence-electron chi connectivity index (χ2n) is 7.26. The van der Waals surface area contributed by atoms with E-state index in [2.05, 4.69) is 30.6 Å². The third-order valence-electron chi connectivity index (χ3n) is 3.55. The molecule has 0 saturated carbocycles. The Balaban J connectivity index is 3.00. The number of carbonyl (C=O) groups excluding carboxylic acids is 2. The average molecular weight is 323 g/mol. The molecule has 0 aliphatic carbocycles. The maximum atomic E-state index is 12.9. The predicted molar refractivity (Wildman–Crippen MR) is 89.3 cm³/mol. The number of rotatable bonds is 6. The number of aromatic nitrogens is 2. The number of carbonyl (C=O) groups is 2. The Morgan fingerprint density at radius 1 is 1.35 bits per heavy atom. The Hall–Kier alpha value is -1.85. The van der Waals surface area contributed by atoms with Crippen LogP contribution >= 0.6 is 0 Å². The highest BCUT2D eigenvalue weighted by Crippen LogP contribution is 2.22. The maximum Gasteiger partial charge on any atom is 0.307 e. The summed E-state index contributed by atoms with van der Waals surface area (Å²) in [6.45, 7) is 11.2. The van der Waals surface area contributed by atoms with Gasteiger partial charge in [0.2, 0.25) is 0 Å². The fraction of sp³-hybridized carbons (Fsp3) is 0.706. The van der Waals surface area contributed by atoms with Crippen LogP contribution in [0.25, 0.3) is 0 Å². The minimum Gasteiger partial charge on any atom is -0.469 e. The molecule has 1 aromatic heterocycles. The van der Waals surface area contributed by atoms with Gasteiger partial charge < -0.3 is 9.64 Å². The molecule has 0 N–H and O–H groups in total. The lowest BCUT2D eigenvalue weighted by atomic mass is 9.92. The molecule has 0 fully saturated rings.